The first-order valence-corrected chi connectivity index (χ1v) is 9.70. The highest BCUT2D eigenvalue weighted by Gasteiger charge is 2.26. The summed E-state index contributed by atoms with van der Waals surface area (Å²) in [7, 11) is 1.83. The summed E-state index contributed by atoms with van der Waals surface area (Å²) in [6.45, 7) is 1.64. The van der Waals surface area contributed by atoms with Crippen LogP contribution in [0.4, 0.5) is 0 Å². The number of ether oxygens (including phenoxy) is 1. The van der Waals surface area contributed by atoms with E-state index in [-0.39, 0.29) is 29.7 Å². The van der Waals surface area contributed by atoms with Crippen molar-refractivity contribution in [2.45, 2.75) is 32.2 Å². The fraction of sp³-hybridized carbons (Fsp3) is 0.333. The zero-order valence-electron chi connectivity index (χ0n) is 15.8. The predicted octanol–water partition coefficient (Wildman–Crippen LogP) is 3.40. The first kappa shape index (κ1) is 18.6. The summed E-state index contributed by atoms with van der Waals surface area (Å²) in [6, 6.07) is 7.22. The van der Waals surface area contributed by atoms with Gasteiger partial charge in [0.15, 0.2) is 12.4 Å². The number of halogens is 1. The lowest BCUT2D eigenvalue weighted by atomic mass is 9.91. The van der Waals surface area contributed by atoms with Crippen molar-refractivity contribution in [1.29, 1.82) is 0 Å². The van der Waals surface area contributed by atoms with Crippen molar-refractivity contribution in [1.82, 2.24) is 14.9 Å². The van der Waals surface area contributed by atoms with Gasteiger partial charge in [-0.3, -0.25) is 9.59 Å². The number of rotatable bonds is 4. The molecule has 0 fully saturated rings. The van der Waals surface area contributed by atoms with Crippen LogP contribution in [0.3, 0.4) is 0 Å². The van der Waals surface area contributed by atoms with Gasteiger partial charge in [-0.1, -0.05) is 23.7 Å². The van der Waals surface area contributed by atoms with E-state index in [1.807, 2.05) is 26.1 Å². The number of pyridine rings is 1. The fourth-order valence-corrected chi connectivity index (χ4v) is 4.01. The van der Waals surface area contributed by atoms with Crippen molar-refractivity contribution in [3.05, 3.63) is 62.7 Å². The Bertz CT molecular complexity index is 1120. The van der Waals surface area contributed by atoms with Gasteiger partial charge < -0.3 is 19.6 Å². The van der Waals surface area contributed by atoms with Gasteiger partial charge in [-0.15, -0.1) is 0 Å². The molecule has 2 aromatic heterocycles. The minimum Gasteiger partial charge on any atom is -0.478 e. The lowest BCUT2D eigenvalue weighted by Crippen LogP contribution is -2.35. The lowest BCUT2D eigenvalue weighted by Gasteiger charge is -2.23. The molecule has 0 aliphatic heterocycles. The third kappa shape index (κ3) is 3.40. The summed E-state index contributed by atoms with van der Waals surface area (Å²) in [5.74, 6) is -0.0878. The Morgan fingerprint density at radius 1 is 1.43 bits per heavy atom. The number of para-hydroxylation sites is 1. The molecule has 1 unspecified atom stereocenters. The average Bonchev–Trinajstić information content (AvgIpc) is 3.05. The van der Waals surface area contributed by atoms with E-state index in [1.54, 1.807) is 10.8 Å². The largest absolute Gasteiger partial charge is 0.478 e. The molecule has 6 nitrogen and oxygen atoms in total. The van der Waals surface area contributed by atoms with Crippen molar-refractivity contribution >= 4 is 28.4 Å². The number of carbonyl (C=O) groups is 1. The maximum atomic E-state index is 12.5. The van der Waals surface area contributed by atoms with Crippen LogP contribution >= 0.6 is 11.6 Å². The van der Waals surface area contributed by atoms with Gasteiger partial charge in [0.25, 0.3) is 5.91 Å². The van der Waals surface area contributed by atoms with E-state index < -0.39 is 0 Å². The molecule has 0 saturated heterocycles. The van der Waals surface area contributed by atoms with Gasteiger partial charge in [-0.25, -0.2) is 0 Å². The molecule has 3 aromatic rings. The molecule has 0 spiro atoms. The van der Waals surface area contributed by atoms with Gasteiger partial charge in [0.2, 0.25) is 5.43 Å². The average molecular weight is 400 g/mol. The molecule has 0 bridgehead atoms. The standard InChI is InChI=1S/C21H22ClN3O3/c1-12-9-17(26)18(10-25(12)2)28-11-19(27)23-16-8-4-6-14-13-5-3-7-15(22)20(13)24-21(14)16/h3,5,7,9-10,16,24H,4,6,8,11H2,1-2H3,(H,23,27). The molecule has 146 valence electrons. The van der Waals surface area contributed by atoms with Crippen LogP contribution < -0.4 is 15.5 Å². The predicted molar refractivity (Wildman–Crippen MR) is 109 cm³/mol. The molecule has 28 heavy (non-hydrogen) atoms. The third-order valence-corrected chi connectivity index (χ3v) is 5.65. The highest BCUT2D eigenvalue weighted by atomic mass is 35.5. The number of H-pyrrole nitrogens is 1. The molecular weight excluding hydrogens is 378 g/mol. The highest BCUT2D eigenvalue weighted by molar-refractivity contribution is 6.35. The molecule has 1 aliphatic rings. The number of carbonyl (C=O) groups excluding carboxylic acids is 1. The van der Waals surface area contributed by atoms with Crippen LogP contribution in [0, 0.1) is 6.92 Å². The quantitative estimate of drug-likeness (QED) is 0.706. The molecule has 1 aromatic carbocycles. The number of fused-ring (bicyclic) bond motifs is 3. The van der Waals surface area contributed by atoms with E-state index >= 15 is 0 Å². The maximum absolute atomic E-state index is 12.5. The van der Waals surface area contributed by atoms with Crippen LogP contribution in [-0.4, -0.2) is 22.1 Å². The second-order valence-electron chi connectivity index (χ2n) is 7.23. The van der Waals surface area contributed by atoms with E-state index in [4.69, 9.17) is 16.3 Å². The zero-order valence-corrected chi connectivity index (χ0v) is 16.6. The van der Waals surface area contributed by atoms with Gasteiger partial charge in [-0.2, -0.15) is 0 Å². The number of aryl methyl sites for hydroxylation is 3. The summed E-state index contributed by atoms with van der Waals surface area (Å²) in [5.41, 5.74) is 3.73. The van der Waals surface area contributed by atoms with E-state index in [2.05, 4.69) is 16.4 Å². The van der Waals surface area contributed by atoms with Gasteiger partial charge >= 0.3 is 0 Å². The van der Waals surface area contributed by atoms with Crippen molar-refractivity contribution in [3.63, 3.8) is 0 Å². The van der Waals surface area contributed by atoms with Crippen LogP contribution in [0.15, 0.2) is 35.3 Å². The summed E-state index contributed by atoms with van der Waals surface area (Å²) < 4.78 is 7.25. The summed E-state index contributed by atoms with van der Waals surface area (Å²) in [6.07, 6.45) is 4.38. The third-order valence-electron chi connectivity index (χ3n) is 5.34. The first-order chi connectivity index (χ1) is 13.4. The summed E-state index contributed by atoms with van der Waals surface area (Å²) in [5, 5.41) is 4.81. The van der Waals surface area contributed by atoms with Gasteiger partial charge in [-0.05, 0) is 37.8 Å². The minimum atomic E-state index is -0.259. The molecule has 0 radical (unpaired) electrons. The van der Waals surface area contributed by atoms with Gasteiger partial charge in [0, 0.05) is 36.1 Å². The maximum Gasteiger partial charge on any atom is 0.258 e. The highest BCUT2D eigenvalue weighted by Crippen LogP contribution is 2.36. The summed E-state index contributed by atoms with van der Waals surface area (Å²) >= 11 is 6.32. The number of aromatic amines is 1. The van der Waals surface area contributed by atoms with Crippen molar-refractivity contribution < 1.29 is 9.53 Å². The molecule has 1 atom stereocenters. The molecule has 1 aliphatic carbocycles. The van der Waals surface area contributed by atoms with Gasteiger partial charge in [0.05, 0.1) is 16.6 Å². The number of nitrogens with one attached hydrogen (secondary N) is 2. The Balaban J connectivity index is 1.49. The van der Waals surface area contributed by atoms with E-state index in [0.717, 1.165) is 41.6 Å². The van der Waals surface area contributed by atoms with Crippen molar-refractivity contribution in [2.24, 2.45) is 7.05 Å². The van der Waals surface area contributed by atoms with Crippen LogP contribution in [-0.2, 0) is 18.3 Å². The van der Waals surface area contributed by atoms with E-state index in [9.17, 15) is 9.59 Å². The Morgan fingerprint density at radius 3 is 3.07 bits per heavy atom. The molecule has 0 saturated carbocycles. The second-order valence-corrected chi connectivity index (χ2v) is 7.64. The van der Waals surface area contributed by atoms with Crippen LogP contribution in [0.2, 0.25) is 5.02 Å². The SMILES string of the molecule is Cc1cc(=O)c(OCC(=O)NC2CCCc3c2[nH]c2c(Cl)cccc32)cn1C. The number of hydrogen-bond donors (Lipinski definition) is 2. The van der Waals surface area contributed by atoms with E-state index in [1.165, 1.54) is 11.6 Å². The molecule has 2 N–H and O–H groups in total. The number of benzene rings is 1. The van der Waals surface area contributed by atoms with Crippen LogP contribution in [0.1, 0.15) is 35.8 Å². The zero-order chi connectivity index (χ0) is 19.8. The number of amides is 1. The van der Waals surface area contributed by atoms with Gasteiger partial charge in [0.1, 0.15) is 0 Å². The minimum absolute atomic E-state index is 0.121. The van der Waals surface area contributed by atoms with Crippen molar-refractivity contribution in [2.75, 3.05) is 6.61 Å². The van der Waals surface area contributed by atoms with E-state index in [0.29, 0.717) is 5.02 Å². The number of nitrogens with zero attached hydrogens (tertiary/aromatic N) is 1. The Morgan fingerprint density at radius 2 is 2.25 bits per heavy atom. The fourth-order valence-electron chi connectivity index (χ4n) is 3.79. The normalized spacial score (nSPS) is 16.0. The smallest absolute Gasteiger partial charge is 0.258 e. The molecule has 2 heterocycles. The van der Waals surface area contributed by atoms with Crippen LogP contribution in [0.5, 0.6) is 5.75 Å². The second kappa shape index (κ2) is 7.36. The topological polar surface area (TPSA) is 76.1 Å². The summed E-state index contributed by atoms with van der Waals surface area (Å²) in [4.78, 5) is 27.9. The first-order valence-electron chi connectivity index (χ1n) is 9.32. The molecule has 4 rings (SSSR count). The monoisotopic (exact) mass is 399 g/mol. The van der Waals surface area contributed by atoms with Crippen molar-refractivity contribution in [3.8, 4) is 5.75 Å². The molecule has 1 amide bonds. The Hall–Kier alpha value is -2.73. The Labute approximate surface area is 167 Å². The number of aromatic nitrogens is 2. The number of hydrogen-bond acceptors (Lipinski definition) is 3. The van der Waals surface area contributed by atoms with Crippen LogP contribution in [0.25, 0.3) is 10.9 Å². The Kier molecular flexibility index (Phi) is 4.89. The lowest BCUT2D eigenvalue weighted by molar-refractivity contribution is -0.124. The molecule has 7 heteroatoms. The molecular formula is C21H22ClN3O3.